The Labute approximate surface area is 82.8 Å². The number of rotatable bonds is 2. The molecule has 0 radical (unpaired) electrons. The van der Waals surface area contributed by atoms with Gasteiger partial charge in [0.1, 0.15) is 0 Å². The molecule has 3 heteroatoms. The molecule has 0 unspecified atom stereocenters. The number of carbonyl (C=O) groups is 1. The van der Waals surface area contributed by atoms with Crippen LogP contribution in [-0.2, 0) is 7.05 Å². The lowest BCUT2D eigenvalue weighted by Gasteiger charge is -1.99. The number of carbonyl (C=O) groups excluding carboxylic acids is 1. The minimum atomic E-state index is 0.485. The minimum Gasteiger partial charge on any atom is -0.345 e. The third kappa shape index (κ3) is 1.42. The van der Waals surface area contributed by atoms with E-state index in [-0.39, 0.29) is 0 Å². The van der Waals surface area contributed by atoms with Crippen LogP contribution < -0.4 is 0 Å². The highest BCUT2D eigenvalue weighted by molar-refractivity contribution is 6.48. The summed E-state index contributed by atoms with van der Waals surface area (Å²) in [6, 6.07) is 0. The third-order valence-corrected chi connectivity index (χ3v) is 2.56. The van der Waals surface area contributed by atoms with E-state index < -0.39 is 0 Å². The third-order valence-electron chi connectivity index (χ3n) is 2.37. The van der Waals surface area contributed by atoms with E-state index >= 15 is 0 Å². The van der Waals surface area contributed by atoms with Crippen LogP contribution in [0, 0.1) is 13.8 Å². The van der Waals surface area contributed by atoms with Gasteiger partial charge in [0.15, 0.2) is 6.29 Å². The second kappa shape index (κ2) is 3.38. The molecule has 2 nitrogen and oxygen atoms in total. The fourth-order valence-electron chi connectivity index (χ4n) is 1.57. The molecule has 0 saturated heterocycles. The van der Waals surface area contributed by atoms with Crippen molar-refractivity contribution >= 4 is 22.9 Å². The smallest absolute Gasteiger partial charge is 0.166 e. The molecule has 1 rings (SSSR count). The zero-order chi connectivity index (χ0) is 10.2. The maximum atomic E-state index is 10.7. The highest BCUT2D eigenvalue weighted by Gasteiger charge is 2.15. The molecule has 70 valence electrons. The number of hydrogen-bond donors (Lipinski definition) is 0. The predicted octanol–water partition coefficient (Wildman–Crippen LogP) is 2.66. The molecule has 1 aromatic rings. The van der Waals surface area contributed by atoms with Gasteiger partial charge in [-0.15, -0.1) is 0 Å². The van der Waals surface area contributed by atoms with Crippen molar-refractivity contribution in [3.8, 4) is 0 Å². The number of nitrogens with zero attached hydrogens (tertiary/aromatic N) is 1. The van der Waals surface area contributed by atoms with Crippen molar-refractivity contribution in [2.75, 3.05) is 0 Å². The highest BCUT2D eigenvalue weighted by atomic mass is 35.5. The summed E-state index contributed by atoms with van der Waals surface area (Å²) in [5.74, 6) is 0. The highest BCUT2D eigenvalue weighted by Crippen LogP contribution is 2.27. The molecule has 0 N–H and O–H groups in total. The average Bonchev–Trinajstić information content (AvgIpc) is 2.24. The topological polar surface area (TPSA) is 22.0 Å². The summed E-state index contributed by atoms with van der Waals surface area (Å²) in [6.45, 7) is 7.47. The molecule has 0 fully saturated rings. The van der Waals surface area contributed by atoms with Crippen molar-refractivity contribution < 1.29 is 4.79 Å². The van der Waals surface area contributed by atoms with Crippen LogP contribution in [0.4, 0.5) is 0 Å². The van der Waals surface area contributed by atoms with Crippen molar-refractivity contribution in [1.29, 1.82) is 0 Å². The Balaban J connectivity index is 3.54. The lowest BCUT2D eigenvalue weighted by molar-refractivity contribution is 0.111. The fourth-order valence-corrected chi connectivity index (χ4v) is 1.85. The van der Waals surface area contributed by atoms with Gasteiger partial charge in [0.2, 0.25) is 0 Å². The Morgan fingerprint density at radius 2 is 2.08 bits per heavy atom. The Morgan fingerprint density at radius 3 is 2.31 bits per heavy atom. The maximum Gasteiger partial charge on any atom is 0.166 e. The van der Waals surface area contributed by atoms with E-state index in [2.05, 4.69) is 6.58 Å². The molecule has 1 heterocycles. The first-order valence-corrected chi connectivity index (χ1v) is 4.34. The largest absolute Gasteiger partial charge is 0.345 e. The van der Waals surface area contributed by atoms with Crippen molar-refractivity contribution in [3.05, 3.63) is 29.1 Å². The number of halogens is 1. The van der Waals surface area contributed by atoms with E-state index in [0.717, 1.165) is 23.1 Å². The summed E-state index contributed by atoms with van der Waals surface area (Å²) in [4.78, 5) is 10.7. The van der Waals surface area contributed by atoms with Crippen LogP contribution in [0.5, 0.6) is 0 Å². The predicted molar refractivity (Wildman–Crippen MR) is 55.2 cm³/mol. The van der Waals surface area contributed by atoms with E-state index in [9.17, 15) is 4.79 Å². The van der Waals surface area contributed by atoms with Gasteiger partial charge in [-0.3, -0.25) is 4.79 Å². The standard InChI is InChI=1S/C10H12ClNO/c1-6-9(5-13)12(4)8(3)10(6)7(2)11/h5H,2H2,1,3-4H3. The molecule has 0 aliphatic heterocycles. The maximum absolute atomic E-state index is 10.7. The molecule has 13 heavy (non-hydrogen) atoms. The van der Waals surface area contributed by atoms with Crippen LogP contribution in [-0.4, -0.2) is 10.9 Å². The first kappa shape index (κ1) is 10.1. The van der Waals surface area contributed by atoms with Gasteiger partial charge in [0, 0.05) is 23.3 Å². The summed E-state index contributed by atoms with van der Waals surface area (Å²) in [5.41, 5.74) is 3.41. The Bertz CT molecular complexity index is 377. The summed E-state index contributed by atoms with van der Waals surface area (Å²) >= 11 is 5.83. The van der Waals surface area contributed by atoms with E-state index in [1.54, 1.807) is 0 Å². The van der Waals surface area contributed by atoms with E-state index in [0.29, 0.717) is 10.7 Å². The Morgan fingerprint density at radius 1 is 1.54 bits per heavy atom. The SMILES string of the molecule is C=C(Cl)c1c(C)c(C=O)n(C)c1C. The van der Waals surface area contributed by atoms with Crippen LogP contribution >= 0.6 is 11.6 Å². The van der Waals surface area contributed by atoms with Crippen LogP contribution in [0.2, 0.25) is 0 Å². The van der Waals surface area contributed by atoms with Crippen LogP contribution in [0.3, 0.4) is 0 Å². The molecule has 0 amide bonds. The van der Waals surface area contributed by atoms with Gasteiger partial charge < -0.3 is 4.57 Å². The number of hydrogen-bond acceptors (Lipinski definition) is 1. The molecule has 0 saturated carbocycles. The summed E-state index contributed by atoms with van der Waals surface area (Å²) in [7, 11) is 1.84. The van der Waals surface area contributed by atoms with Gasteiger partial charge in [-0.1, -0.05) is 18.2 Å². The molecule has 0 aliphatic rings. The molecule has 1 aromatic heterocycles. The van der Waals surface area contributed by atoms with Crippen LogP contribution in [0.15, 0.2) is 6.58 Å². The van der Waals surface area contributed by atoms with E-state index in [1.807, 2.05) is 25.5 Å². The Hall–Kier alpha value is -1.02. The second-order valence-electron chi connectivity index (χ2n) is 3.05. The van der Waals surface area contributed by atoms with Gasteiger partial charge in [-0.2, -0.15) is 0 Å². The normalized spacial score (nSPS) is 10.2. The van der Waals surface area contributed by atoms with Crippen LogP contribution in [0.25, 0.3) is 5.03 Å². The van der Waals surface area contributed by atoms with Crippen molar-refractivity contribution in [1.82, 2.24) is 4.57 Å². The van der Waals surface area contributed by atoms with Crippen molar-refractivity contribution in [2.24, 2.45) is 7.05 Å². The summed E-state index contributed by atoms with van der Waals surface area (Å²) in [6.07, 6.45) is 0.839. The zero-order valence-corrected chi connectivity index (χ0v) is 8.77. The summed E-state index contributed by atoms with van der Waals surface area (Å²) < 4.78 is 1.82. The van der Waals surface area contributed by atoms with Crippen molar-refractivity contribution in [2.45, 2.75) is 13.8 Å². The minimum absolute atomic E-state index is 0.485. The molecular weight excluding hydrogens is 186 g/mol. The van der Waals surface area contributed by atoms with Crippen LogP contribution in [0.1, 0.15) is 27.3 Å². The summed E-state index contributed by atoms with van der Waals surface area (Å²) in [5, 5.41) is 0.485. The molecule has 0 aliphatic carbocycles. The zero-order valence-electron chi connectivity index (χ0n) is 8.02. The van der Waals surface area contributed by atoms with Gasteiger partial charge in [0.05, 0.1) is 5.69 Å². The molecule has 0 atom stereocenters. The average molecular weight is 198 g/mol. The van der Waals surface area contributed by atoms with E-state index in [1.165, 1.54) is 0 Å². The van der Waals surface area contributed by atoms with Gasteiger partial charge in [-0.25, -0.2) is 0 Å². The quantitative estimate of drug-likeness (QED) is 0.669. The van der Waals surface area contributed by atoms with Crippen molar-refractivity contribution in [3.63, 3.8) is 0 Å². The first-order chi connectivity index (χ1) is 6.00. The number of aromatic nitrogens is 1. The second-order valence-corrected chi connectivity index (χ2v) is 3.51. The first-order valence-electron chi connectivity index (χ1n) is 3.96. The lowest BCUT2D eigenvalue weighted by atomic mass is 10.1. The lowest BCUT2D eigenvalue weighted by Crippen LogP contribution is -1.96. The van der Waals surface area contributed by atoms with Gasteiger partial charge in [0.25, 0.3) is 0 Å². The molecular formula is C10H12ClNO. The fraction of sp³-hybridized carbons (Fsp3) is 0.300. The van der Waals surface area contributed by atoms with E-state index in [4.69, 9.17) is 11.6 Å². The van der Waals surface area contributed by atoms with Gasteiger partial charge in [-0.05, 0) is 19.4 Å². The Kier molecular flexibility index (Phi) is 2.62. The molecule has 0 aromatic carbocycles. The number of aldehydes is 1. The monoisotopic (exact) mass is 197 g/mol. The van der Waals surface area contributed by atoms with Gasteiger partial charge >= 0.3 is 0 Å². The molecule has 0 spiro atoms. The molecule has 0 bridgehead atoms.